The first-order chi connectivity index (χ1) is 16.9. The van der Waals surface area contributed by atoms with Gasteiger partial charge < -0.3 is 23.4 Å². The van der Waals surface area contributed by atoms with Gasteiger partial charge in [0.25, 0.3) is 0 Å². The van der Waals surface area contributed by atoms with Crippen LogP contribution in [0.5, 0.6) is 23.0 Å². The largest absolute Gasteiger partial charge is 0.495 e. The number of rotatable bonds is 6. The molecule has 0 unspecified atom stereocenters. The van der Waals surface area contributed by atoms with Crippen LogP contribution in [0.25, 0.3) is 16.5 Å². The van der Waals surface area contributed by atoms with E-state index in [0.717, 1.165) is 16.5 Å². The quantitative estimate of drug-likeness (QED) is 0.305. The summed E-state index contributed by atoms with van der Waals surface area (Å²) in [5.74, 6) is 8.63. The van der Waals surface area contributed by atoms with E-state index in [1.807, 2.05) is 31.2 Å². The second kappa shape index (κ2) is 9.86. The Morgan fingerprint density at radius 3 is 2.03 bits per heavy atom. The summed E-state index contributed by atoms with van der Waals surface area (Å²) in [6.07, 6.45) is 0. The molecule has 0 aliphatic rings. The number of furan rings is 1. The van der Waals surface area contributed by atoms with Crippen LogP contribution >= 0.6 is 0 Å². The average Bonchev–Trinajstić information content (AvgIpc) is 3.21. The zero-order chi connectivity index (χ0) is 25.1. The van der Waals surface area contributed by atoms with Crippen LogP contribution in [0.2, 0.25) is 0 Å². The van der Waals surface area contributed by atoms with Crippen molar-refractivity contribution in [3.63, 3.8) is 0 Å². The van der Waals surface area contributed by atoms with Gasteiger partial charge in [-0.3, -0.25) is 0 Å². The Morgan fingerprint density at radius 2 is 1.46 bits per heavy atom. The minimum atomic E-state index is -0.302. The monoisotopic (exact) mass is 472 g/mol. The number of fused-ring (bicyclic) bond motifs is 1. The summed E-state index contributed by atoms with van der Waals surface area (Å²) in [6, 6.07) is 13.4. The maximum Gasteiger partial charge on any atom is 0.203 e. The average molecular weight is 473 g/mol. The molecule has 0 fully saturated rings. The number of aryl methyl sites for hydroxylation is 1. The molecule has 4 aromatic rings. The topological polar surface area (TPSA) is 50.1 Å². The van der Waals surface area contributed by atoms with E-state index < -0.39 is 0 Å². The fourth-order valence-electron chi connectivity index (χ4n) is 3.86. The molecule has 0 N–H and O–H groups in total. The van der Waals surface area contributed by atoms with E-state index in [-0.39, 0.29) is 5.82 Å². The van der Waals surface area contributed by atoms with Crippen LogP contribution in [-0.2, 0) is 0 Å². The molecule has 0 bridgehead atoms. The minimum absolute atomic E-state index is 0.302. The highest BCUT2D eigenvalue weighted by Gasteiger charge is 2.20. The second-order valence-corrected chi connectivity index (χ2v) is 7.75. The molecule has 0 amide bonds. The third kappa shape index (κ3) is 4.53. The minimum Gasteiger partial charge on any atom is -0.495 e. The van der Waals surface area contributed by atoms with Crippen molar-refractivity contribution < 1.29 is 27.8 Å². The molecule has 1 heterocycles. The summed E-state index contributed by atoms with van der Waals surface area (Å²) >= 11 is 0. The Balaban J connectivity index is 1.79. The van der Waals surface area contributed by atoms with E-state index in [9.17, 15) is 4.39 Å². The van der Waals surface area contributed by atoms with E-state index in [1.54, 1.807) is 40.6 Å². The highest BCUT2D eigenvalue weighted by atomic mass is 19.1. The highest BCUT2D eigenvalue weighted by Crippen LogP contribution is 2.42. The fourth-order valence-corrected chi connectivity index (χ4v) is 3.86. The standard InChI is InChI=1S/C29H25FO5/c1-17(21-14-26(32-4)29(34-6)27(15-21)33-5)28-18(2)23-13-20(24(31-3)16-25(23)35-28)10-7-19-8-11-22(30)12-9-19/h8-9,11-16H,1H2,2-6H3. The van der Waals surface area contributed by atoms with Gasteiger partial charge in [-0.05, 0) is 55.0 Å². The van der Waals surface area contributed by atoms with Crippen molar-refractivity contribution in [3.8, 4) is 34.8 Å². The molecule has 35 heavy (non-hydrogen) atoms. The molecule has 6 heteroatoms. The number of hydrogen-bond donors (Lipinski definition) is 0. The summed E-state index contributed by atoms with van der Waals surface area (Å²) in [6.45, 7) is 6.24. The predicted octanol–water partition coefficient (Wildman–Crippen LogP) is 6.38. The smallest absolute Gasteiger partial charge is 0.203 e. The van der Waals surface area contributed by atoms with E-state index in [1.165, 1.54) is 12.1 Å². The number of hydrogen-bond acceptors (Lipinski definition) is 5. The lowest BCUT2D eigenvalue weighted by Crippen LogP contribution is -1.97. The van der Waals surface area contributed by atoms with Crippen LogP contribution in [0.3, 0.4) is 0 Å². The van der Waals surface area contributed by atoms with Gasteiger partial charge in [-0.2, -0.15) is 0 Å². The third-order valence-corrected chi connectivity index (χ3v) is 5.73. The predicted molar refractivity (Wildman–Crippen MR) is 134 cm³/mol. The van der Waals surface area contributed by atoms with E-state index >= 15 is 0 Å². The van der Waals surface area contributed by atoms with E-state index in [0.29, 0.717) is 51.0 Å². The zero-order valence-electron chi connectivity index (χ0n) is 20.2. The van der Waals surface area contributed by atoms with Crippen molar-refractivity contribution in [2.45, 2.75) is 6.92 Å². The van der Waals surface area contributed by atoms with Gasteiger partial charge in [0.05, 0.1) is 34.0 Å². The molecular weight excluding hydrogens is 447 g/mol. The number of halogens is 1. The number of ether oxygens (including phenoxy) is 4. The number of benzene rings is 3. The molecule has 5 nitrogen and oxygen atoms in total. The van der Waals surface area contributed by atoms with Crippen LogP contribution in [0.1, 0.15) is 28.0 Å². The van der Waals surface area contributed by atoms with Gasteiger partial charge in [0.15, 0.2) is 11.5 Å². The molecule has 0 radical (unpaired) electrons. The van der Waals surface area contributed by atoms with Gasteiger partial charge in [0, 0.05) is 28.2 Å². The summed E-state index contributed by atoms with van der Waals surface area (Å²) in [5, 5.41) is 0.887. The van der Waals surface area contributed by atoms with Crippen molar-refractivity contribution in [1.29, 1.82) is 0 Å². The summed E-state index contributed by atoms with van der Waals surface area (Å²) < 4.78 is 41.3. The molecule has 0 saturated heterocycles. The lowest BCUT2D eigenvalue weighted by Gasteiger charge is -2.14. The molecule has 0 spiro atoms. The fraction of sp³-hybridized carbons (Fsp3) is 0.172. The SMILES string of the molecule is C=C(c1cc(OC)c(OC)c(OC)c1)c1oc2cc(OC)c(C#Cc3ccc(F)cc3)cc2c1C. The second-order valence-electron chi connectivity index (χ2n) is 7.75. The van der Waals surface area contributed by atoms with Gasteiger partial charge >= 0.3 is 0 Å². The Morgan fingerprint density at radius 1 is 0.829 bits per heavy atom. The maximum atomic E-state index is 13.2. The maximum absolute atomic E-state index is 13.2. The van der Waals surface area contributed by atoms with Crippen molar-refractivity contribution in [2.75, 3.05) is 28.4 Å². The number of methoxy groups -OCH3 is 4. The van der Waals surface area contributed by atoms with Gasteiger partial charge in [0.1, 0.15) is 22.9 Å². The van der Waals surface area contributed by atoms with E-state index in [2.05, 4.69) is 18.4 Å². The van der Waals surface area contributed by atoms with Crippen LogP contribution in [0, 0.1) is 24.6 Å². The third-order valence-electron chi connectivity index (χ3n) is 5.73. The molecule has 4 rings (SSSR count). The Labute approximate surface area is 203 Å². The van der Waals surface area contributed by atoms with Gasteiger partial charge in [-0.25, -0.2) is 4.39 Å². The molecular formula is C29H25FO5. The molecule has 1 aromatic heterocycles. The molecule has 0 saturated carbocycles. The summed E-state index contributed by atoms with van der Waals surface area (Å²) in [7, 11) is 6.27. The summed E-state index contributed by atoms with van der Waals surface area (Å²) in [5.41, 5.74) is 4.38. The molecule has 0 atom stereocenters. The van der Waals surface area contributed by atoms with Crippen molar-refractivity contribution in [3.05, 3.63) is 88.9 Å². The van der Waals surface area contributed by atoms with Crippen LogP contribution < -0.4 is 18.9 Å². The first kappa shape index (κ1) is 23.8. The Hall–Kier alpha value is -4.37. The molecule has 0 aliphatic heterocycles. The summed E-state index contributed by atoms with van der Waals surface area (Å²) in [4.78, 5) is 0. The van der Waals surface area contributed by atoms with Crippen molar-refractivity contribution >= 4 is 16.5 Å². The first-order valence-corrected chi connectivity index (χ1v) is 10.8. The molecule has 178 valence electrons. The van der Waals surface area contributed by atoms with E-state index in [4.69, 9.17) is 23.4 Å². The molecule has 0 aliphatic carbocycles. The normalized spacial score (nSPS) is 10.5. The van der Waals surface area contributed by atoms with Crippen molar-refractivity contribution in [1.82, 2.24) is 0 Å². The lowest BCUT2D eigenvalue weighted by atomic mass is 10.00. The van der Waals surface area contributed by atoms with Gasteiger partial charge in [-0.15, -0.1) is 0 Å². The molecule has 3 aromatic carbocycles. The van der Waals surface area contributed by atoms with Crippen LogP contribution in [0.15, 0.2) is 59.5 Å². The van der Waals surface area contributed by atoms with Gasteiger partial charge in [0.2, 0.25) is 5.75 Å². The highest BCUT2D eigenvalue weighted by molar-refractivity contribution is 5.91. The Bertz CT molecular complexity index is 1440. The van der Waals surface area contributed by atoms with Crippen molar-refractivity contribution in [2.24, 2.45) is 0 Å². The first-order valence-electron chi connectivity index (χ1n) is 10.8. The zero-order valence-corrected chi connectivity index (χ0v) is 20.2. The van der Waals surface area contributed by atoms with Crippen LogP contribution in [0.4, 0.5) is 4.39 Å². The van der Waals surface area contributed by atoms with Crippen LogP contribution in [-0.4, -0.2) is 28.4 Å². The Kier molecular flexibility index (Phi) is 6.70. The lowest BCUT2D eigenvalue weighted by molar-refractivity contribution is 0.324. The van der Waals surface area contributed by atoms with Gasteiger partial charge in [-0.1, -0.05) is 18.4 Å².